The van der Waals surface area contributed by atoms with Gasteiger partial charge in [0.05, 0.1) is 6.10 Å². The van der Waals surface area contributed by atoms with Crippen molar-refractivity contribution in [3.05, 3.63) is 33.1 Å². The van der Waals surface area contributed by atoms with Gasteiger partial charge in [-0.25, -0.2) is 4.39 Å². The zero-order valence-corrected chi connectivity index (χ0v) is 10.3. The van der Waals surface area contributed by atoms with E-state index in [2.05, 4.69) is 0 Å². The molecule has 1 aromatic carbocycles. The van der Waals surface area contributed by atoms with E-state index in [0.29, 0.717) is 10.1 Å². The van der Waals surface area contributed by atoms with E-state index in [1.165, 1.54) is 6.07 Å². The first-order valence-electron chi connectivity index (χ1n) is 4.28. The Balaban J connectivity index is 2.80. The topological polar surface area (TPSA) is 23.5 Å². The summed E-state index contributed by atoms with van der Waals surface area (Å²) in [5.41, 5.74) is 0.754. The number of likely N-dealkylation sites (N-methyl/N-ethyl adjacent to an activating group) is 1. The largest absolute Gasteiger partial charge is 0.387 e. The molecule has 1 rings (SSSR count). The predicted molar refractivity (Wildman–Crippen MR) is 62.6 cm³/mol. The lowest BCUT2D eigenvalue weighted by Crippen LogP contribution is -2.20. The maximum Gasteiger partial charge on any atom is 0.136 e. The van der Waals surface area contributed by atoms with Gasteiger partial charge in [0, 0.05) is 10.1 Å². The lowest BCUT2D eigenvalue weighted by atomic mass is 10.1. The van der Waals surface area contributed by atoms with Crippen molar-refractivity contribution in [1.82, 2.24) is 4.90 Å². The Hall–Kier alpha value is -0.200. The van der Waals surface area contributed by atoms with Crippen LogP contribution < -0.4 is 0 Å². The first-order valence-corrected chi connectivity index (χ1v) is 5.36. The maximum atomic E-state index is 12.9. The molecule has 78 valence electrons. The lowest BCUT2D eigenvalue weighted by molar-refractivity contribution is 0.138. The number of nitrogens with zero attached hydrogens (tertiary/aromatic N) is 1. The second kappa shape index (κ2) is 5.04. The van der Waals surface area contributed by atoms with Crippen LogP contribution in [0.1, 0.15) is 11.7 Å². The zero-order chi connectivity index (χ0) is 10.7. The standard InChI is InChI=1S/C10H13FINO/c1-13(2)6-10(14)7-3-4-8(11)9(12)5-7/h3-5,10,14H,6H2,1-2H3. The Morgan fingerprint density at radius 3 is 2.64 bits per heavy atom. The SMILES string of the molecule is CN(C)CC(O)c1ccc(F)c(I)c1. The fraction of sp³-hybridized carbons (Fsp3) is 0.400. The molecular weight excluding hydrogens is 296 g/mol. The quantitative estimate of drug-likeness (QED) is 0.864. The Bertz CT molecular complexity index is 317. The van der Waals surface area contributed by atoms with Crippen molar-refractivity contribution in [2.75, 3.05) is 20.6 Å². The highest BCUT2D eigenvalue weighted by Gasteiger charge is 2.10. The van der Waals surface area contributed by atoms with Gasteiger partial charge < -0.3 is 10.0 Å². The van der Waals surface area contributed by atoms with E-state index in [9.17, 15) is 9.50 Å². The maximum absolute atomic E-state index is 12.9. The molecule has 0 aromatic heterocycles. The van der Waals surface area contributed by atoms with E-state index in [-0.39, 0.29) is 5.82 Å². The highest BCUT2D eigenvalue weighted by Crippen LogP contribution is 2.18. The molecule has 0 amide bonds. The zero-order valence-electron chi connectivity index (χ0n) is 8.17. The second-order valence-corrected chi connectivity index (χ2v) is 4.61. The van der Waals surface area contributed by atoms with Crippen LogP contribution in [0.2, 0.25) is 0 Å². The molecule has 1 atom stereocenters. The summed E-state index contributed by atoms with van der Waals surface area (Å²) in [6.45, 7) is 0.543. The molecule has 0 saturated heterocycles. The lowest BCUT2D eigenvalue weighted by Gasteiger charge is -2.16. The third-order valence-corrected chi connectivity index (χ3v) is 2.69. The average Bonchev–Trinajstić information content (AvgIpc) is 2.08. The predicted octanol–water partition coefficient (Wildman–Crippen LogP) is 2.03. The van der Waals surface area contributed by atoms with E-state index < -0.39 is 6.10 Å². The van der Waals surface area contributed by atoms with Crippen molar-refractivity contribution in [2.45, 2.75) is 6.10 Å². The molecule has 1 unspecified atom stereocenters. The van der Waals surface area contributed by atoms with Gasteiger partial charge in [-0.3, -0.25) is 0 Å². The summed E-state index contributed by atoms with van der Waals surface area (Å²) in [6, 6.07) is 4.67. The van der Waals surface area contributed by atoms with Crippen LogP contribution in [0, 0.1) is 9.39 Å². The van der Waals surface area contributed by atoms with Crippen LogP contribution in [0.4, 0.5) is 4.39 Å². The van der Waals surface area contributed by atoms with E-state index in [0.717, 1.165) is 5.56 Å². The smallest absolute Gasteiger partial charge is 0.136 e. The molecule has 0 bridgehead atoms. The molecule has 14 heavy (non-hydrogen) atoms. The molecule has 0 spiro atoms. The minimum Gasteiger partial charge on any atom is -0.387 e. The fourth-order valence-corrected chi connectivity index (χ4v) is 1.71. The van der Waals surface area contributed by atoms with Crippen molar-refractivity contribution in [1.29, 1.82) is 0 Å². The fourth-order valence-electron chi connectivity index (χ4n) is 1.17. The van der Waals surface area contributed by atoms with Gasteiger partial charge in [-0.2, -0.15) is 0 Å². The minimum atomic E-state index is -0.556. The molecule has 1 N–H and O–H groups in total. The highest BCUT2D eigenvalue weighted by molar-refractivity contribution is 14.1. The van der Waals surface area contributed by atoms with Crippen LogP contribution in [0.5, 0.6) is 0 Å². The van der Waals surface area contributed by atoms with Gasteiger partial charge in [0.1, 0.15) is 5.82 Å². The van der Waals surface area contributed by atoms with Crippen molar-refractivity contribution < 1.29 is 9.50 Å². The Morgan fingerprint density at radius 1 is 1.50 bits per heavy atom. The molecule has 0 aliphatic carbocycles. The number of benzene rings is 1. The summed E-state index contributed by atoms with van der Waals surface area (Å²) in [6.07, 6.45) is -0.556. The normalized spacial score (nSPS) is 13.3. The van der Waals surface area contributed by atoms with E-state index in [4.69, 9.17) is 0 Å². The van der Waals surface area contributed by atoms with Crippen LogP contribution in [0.3, 0.4) is 0 Å². The molecule has 4 heteroatoms. The Morgan fingerprint density at radius 2 is 2.14 bits per heavy atom. The summed E-state index contributed by atoms with van der Waals surface area (Å²) in [4.78, 5) is 1.89. The van der Waals surface area contributed by atoms with Crippen LogP contribution in [0.15, 0.2) is 18.2 Å². The van der Waals surface area contributed by atoms with Crippen LogP contribution in [-0.2, 0) is 0 Å². The van der Waals surface area contributed by atoms with Crippen LogP contribution in [-0.4, -0.2) is 30.6 Å². The molecular formula is C10H13FINO. The second-order valence-electron chi connectivity index (χ2n) is 3.45. The third kappa shape index (κ3) is 3.18. The van der Waals surface area contributed by atoms with Gasteiger partial charge in [0.2, 0.25) is 0 Å². The summed E-state index contributed by atoms with van der Waals surface area (Å²) < 4.78 is 13.5. The number of hydrogen-bond acceptors (Lipinski definition) is 2. The van der Waals surface area contributed by atoms with Crippen molar-refractivity contribution >= 4 is 22.6 Å². The van der Waals surface area contributed by atoms with Crippen LogP contribution >= 0.6 is 22.6 Å². The molecule has 0 saturated carbocycles. The number of aliphatic hydroxyl groups excluding tert-OH is 1. The van der Waals surface area contributed by atoms with E-state index in [1.807, 2.05) is 41.6 Å². The number of halogens is 2. The first kappa shape index (κ1) is 11.9. The van der Waals surface area contributed by atoms with Crippen LogP contribution in [0.25, 0.3) is 0 Å². The van der Waals surface area contributed by atoms with Gasteiger partial charge in [0.15, 0.2) is 0 Å². The minimum absolute atomic E-state index is 0.244. The molecule has 2 nitrogen and oxygen atoms in total. The van der Waals surface area contributed by atoms with E-state index >= 15 is 0 Å². The summed E-state index contributed by atoms with van der Waals surface area (Å²) >= 11 is 1.92. The molecule has 0 fully saturated rings. The highest BCUT2D eigenvalue weighted by atomic mass is 127. The Kier molecular flexibility index (Phi) is 4.28. The number of hydrogen-bond donors (Lipinski definition) is 1. The molecule has 0 radical (unpaired) electrons. The first-order chi connectivity index (χ1) is 6.50. The van der Waals surface area contributed by atoms with Crippen molar-refractivity contribution in [2.24, 2.45) is 0 Å². The molecule has 1 aromatic rings. The summed E-state index contributed by atoms with van der Waals surface area (Å²) in [5, 5.41) is 9.74. The number of aliphatic hydroxyl groups is 1. The Labute approximate surface area is 96.9 Å². The molecule has 0 aliphatic heterocycles. The summed E-state index contributed by atoms with van der Waals surface area (Å²) in [5.74, 6) is -0.244. The molecule has 0 aliphatic rings. The van der Waals surface area contributed by atoms with Crippen molar-refractivity contribution in [3.63, 3.8) is 0 Å². The average molecular weight is 309 g/mol. The summed E-state index contributed by atoms with van der Waals surface area (Å²) in [7, 11) is 3.77. The third-order valence-electron chi connectivity index (χ3n) is 1.87. The van der Waals surface area contributed by atoms with Gasteiger partial charge in [-0.1, -0.05) is 6.07 Å². The van der Waals surface area contributed by atoms with Gasteiger partial charge in [0.25, 0.3) is 0 Å². The van der Waals surface area contributed by atoms with Gasteiger partial charge in [-0.05, 0) is 54.4 Å². The van der Waals surface area contributed by atoms with E-state index in [1.54, 1.807) is 12.1 Å². The molecule has 0 heterocycles. The van der Waals surface area contributed by atoms with Gasteiger partial charge in [-0.15, -0.1) is 0 Å². The van der Waals surface area contributed by atoms with Gasteiger partial charge >= 0.3 is 0 Å². The number of rotatable bonds is 3. The monoisotopic (exact) mass is 309 g/mol. The van der Waals surface area contributed by atoms with Crippen molar-refractivity contribution in [3.8, 4) is 0 Å².